The molecule has 0 aliphatic heterocycles. The first-order valence-corrected chi connectivity index (χ1v) is 34.3. The fourth-order valence-corrected chi connectivity index (χ4v) is 16.8. The van der Waals surface area contributed by atoms with Crippen molar-refractivity contribution in [2.45, 2.75) is 90.9 Å². The van der Waals surface area contributed by atoms with Gasteiger partial charge in [-0.2, -0.15) is 0 Å². The highest BCUT2D eigenvalue weighted by Crippen LogP contribution is 2.55. The minimum atomic E-state index is 0.223. The zero-order valence-electron chi connectivity index (χ0n) is 54.0. The smallest absolute Gasteiger partial charge is 0.0782 e. The van der Waals surface area contributed by atoms with Gasteiger partial charge >= 0.3 is 0 Å². The molecule has 4 heteroatoms. The van der Waals surface area contributed by atoms with Gasteiger partial charge in [0.15, 0.2) is 0 Å². The van der Waals surface area contributed by atoms with Crippen LogP contribution in [0.4, 0.5) is 34.1 Å². The van der Waals surface area contributed by atoms with E-state index in [4.69, 9.17) is 0 Å². The zero-order chi connectivity index (χ0) is 62.7. The second-order valence-corrected chi connectivity index (χ2v) is 27.1. The Hall–Kier alpha value is -10.7. The first kappa shape index (κ1) is 56.1. The number of hydrogen-bond donors (Lipinski definition) is 0. The summed E-state index contributed by atoms with van der Waals surface area (Å²) in [5.74, 6) is 0.449. The molecule has 2 aromatic heterocycles. The third-order valence-corrected chi connectivity index (χ3v) is 21.2. The van der Waals surface area contributed by atoms with Gasteiger partial charge in [-0.15, -0.1) is 0 Å². The van der Waals surface area contributed by atoms with Crippen LogP contribution in [-0.4, -0.2) is 9.13 Å². The summed E-state index contributed by atoms with van der Waals surface area (Å²) in [6, 6.07) is 102. The van der Waals surface area contributed by atoms with Crippen LogP contribution >= 0.6 is 0 Å². The van der Waals surface area contributed by atoms with E-state index in [1.807, 2.05) is 0 Å². The van der Waals surface area contributed by atoms with E-state index >= 15 is 0 Å². The quantitative estimate of drug-likeness (QED) is 0.113. The lowest BCUT2D eigenvalue weighted by atomic mass is 9.83. The van der Waals surface area contributed by atoms with Gasteiger partial charge in [0.25, 0.3) is 0 Å². The highest BCUT2D eigenvalue weighted by atomic mass is 15.2. The fraction of sp³-hybridized carbons (Fsp3) is 0.156. The lowest BCUT2D eigenvalue weighted by Crippen LogP contribution is -2.17. The normalized spacial score (nSPS) is 13.4. The third-order valence-electron chi connectivity index (χ3n) is 21.2. The van der Waals surface area contributed by atoms with E-state index in [-0.39, 0.29) is 11.8 Å². The van der Waals surface area contributed by atoms with Crippen LogP contribution in [0.2, 0.25) is 0 Å². The number of fused-ring (bicyclic) bond motifs is 8. The molecule has 0 atom stereocenters. The lowest BCUT2D eigenvalue weighted by Gasteiger charge is -2.34. The summed E-state index contributed by atoms with van der Waals surface area (Å²) in [5.41, 5.74) is 27.9. The van der Waals surface area contributed by atoms with Crippen molar-refractivity contribution in [2.75, 3.05) is 9.80 Å². The van der Waals surface area contributed by atoms with Gasteiger partial charge in [-0.3, -0.25) is 0 Å². The molecule has 0 radical (unpaired) electrons. The molecule has 0 N–H and O–H groups in total. The van der Waals surface area contributed by atoms with Crippen molar-refractivity contribution < 1.29 is 0 Å². The summed E-state index contributed by atoms with van der Waals surface area (Å²) >= 11 is 0. The molecular weight excluding hydrogens is 1140 g/mol. The van der Waals surface area contributed by atoms with Crippen LogP contribution in [0, 0.1) is 0 Å². The summed E-state index contributed by atoms with van der Waals surface area (Å²) in [6.07, 6.45) is 9.02. The number of benzene rings is 14. The number of hydrogen-bond acceptors (Lipinski definition) is 2. The SMILES string of the molecule is CC(C)c1cc(N(c2cccc3c2CCCC3)c2cccc3c2c2ccccc2n3-c2ccc(-c3ccccc3)cc2)c2ccc3c(C(C)C)cc(N(c4cccc5c4CCCC5)c4cccc5c6ccccc6n(-c6ccc(-c7ccccc7)cc6)c45)c4ccc1c2c34. The average Bonchev–Trinajstić information content (AvgIpc) is 0.918. The molecule has 18 rings (SSSR count). The average molecular weight is 1210 g/mol. The van der Waals surface area contributed by atoms with E-state index in [0.717, 1.165) is 37.1 Å². The first-order chi connectivity index (χ1) is 46.3. The Balaban J connectivity index is 0.926. The van der Waals surface area contributed by atoms with Crippen molar-refractivity contribution in [3.63, 3.8) is 0 Å². The van der Waals surface area contributed by atoms with Crippen molar-refractivity contribution in [1.82, 2.24) is 9.13 Å². The molecule has 2 heterocycles. The van der Waals surface area contributed by atoms with Gasteiger partial charge < -0.3 is 18.9 Å². The number of aryl methyl sites for hydroxylation is 2. The van der Waals surface area contributed by atoms with Crippen LogP contribution < -0.4 is 9.80 Å². The number of anilines is 6. The van der Waals surface area contributed by atoms with E-state index in [9.17, 15) is 0 Å². The summed E-state index contributed by atoms with van der Waals surface area (Å²) in [5, 5.41) is 12.8. The fourth-order valence-electron chi connectivity index (χ4n) is 16.8. The first-order valence-electron chi connectivity index (χ1n) is 34.3. The minimum absolute atomic E-state index is 0.223. The van der Waals surface area contributed by atoms with Crippen molar-refractivity contribution >= 4 is 110 Å². The van der Waals surface area contributed by atoms with Crippen LogP contribution in [0.1, 0.15) is 98.6 Å². The Morgan fingerprint density at radius 3 is 1.23 bits per heavy atom. The summed E-state index contributed by atoms with van der Waals surface area (Å²) in [4.78, 5) is 5.44. The highest BCUT2D eigenvalue weighted by molar-refractivity contribution is 6.30. The maximum Gasteiger partial charge on any atom is 0.0782 e. The Morgan fingerprint density at radius 2 is 0.681 bits per heavy atom. The second-order valence-electron chi connectivity index (χ2n) is 27.1. The monoisotopic (exact) mass is 1210 g/mol. The Morgan fingerprint density at radius 1 is 0.277 bits per heavy atom. The highest BCUT2D eigenvalue weighted by Gasteiger charge is 2.32. The van der Waals surface area contributed by atoms with Crippen LogP contribution in [0.15, 0.2) is 267 Å². The minimum Gasteiger partial charge on any atom is -0.309 e. The molecule has 14 aromatic carbocycles. The summed E-state index contributed by atoms with van der Waals surface area (Å²) < 4.78 is 5.05. The van der Waals surface area contributed by atoms with Crippen molar-refractivity contribution in [2.24, 2.45) is 0 Å². The zero-order valence-corrected chi connectivity index (χ0v) is 54.0. The molecule has 2 aliphatic carbocycles. The Bertz CT molecular complexity index is 5610. The number of aromatic nitrogens is 2. The molecule has 454 valence electrons. The molecule has 0 spiro atoms. The Labute approximate surface area is 550 Å². The van der Waals surface area contributed by atoms with Crippen molar-refractivity contribution in [3.8, 4) is 33.6 Å². The molecule has 94 heavy (non-hydrogen) atoms. The third kappa shape index (κ3) is 8.86. The molecule has 0 bridgehead atoms. The largest absolute Gasteiger partial charge is 0.309 e. The predicted molar refractivity (Wildman–Crippen MR) is 401 cm³/mol. The lowest BCUT2D eigenvalue weighted by molar-refractivity contribution is 0.686. The van der Waals surface area contributed by atoms with E-state index < -0.39 is 0 Å². The summed E-state index contributed by atoms with van der Waals surface area (Å²) in [6.45, 7) is 9.62. The van der Waals surface area contributed by atoms with Gasteiger partial charge in [0.2, 0.25) is 0 Å². The van der Waals surface area contributed by atoms with Gasteiger partial charge in [0.05, 0.1) is 44.8 Å². The van der Waals surface area contributed by atoms with Crippen LogP contribution in [0.3, 0.4) is 0 Å². The van der Waals surface area contributed by atoms with E-state index in [0.29, 0.717) is 0 Å². The molecule has 2 aliphatic rings. The van der Waals surface area contributed by atoms with Gasteiger partial charge in [-0.25, -0.2) is 0 Å². The maximum absolute atomic E-state index is 2.72. The van der Waals surface area contributed by atoms with Crippen LogP contribution in [0.25, 0.3) is 110 Å². The number of para-hydroxylation sites is 3. The van der Waals surface area contributed by atoms with Gasteiger partial charge in [-0.05, 0) is 219 Å². The molecule has 0 amide bonds. The molecule has 0 saturated heterocycles. The van der Waals surface area contributed by atoms with Gasteiger partial charge in [-0.1, -0.05) is 216 Å². The topological polar surface area (TPSA) is 16.3 Å². The maximum atomic E-state index is 2.72. The molecule has 0 saturated carbocycles. The van der Waals surface area contributed by atoms with Crippen molar-refractivity contribution in [3.05, 3.63) is 300 Å². The number of rotatable bonds is 12. The van der Waals surface area contributed by atoms with Crippen molar-refractivity contribution in [1.29, 1.82) is 0 Å². The molecular formula is C90H74N4. The van der Waals surface area contributed by atoms with Crippen LogP contribution in [-0.2, 0) is 25.7 Å². The van der Waals surface area contributed by atoms with E-state index in [2.05, 4.69) is 314 Å². The molecule has 0 unspecified atom stereocenters. The standard InChI is InChI=1S/C90H74N4/c1-57(2)76-55-85(93(78-38-19-29-63-27-11-13-31-67(63)78)83-41-22-40-82-89(83)73-34-16-18-37-81(73)91(82)65-47-43-61(44-48-65)59-23-7-5-8-24-59)74-53-51-71-77(58(3)4)56-86(75-54-52-70(76)87(74)88(71)75)94(79-39-20-30-64-28-12-14-32-68(64)79)84-42-21-35-72-69-33-15-17-36-80(69)92(90(72)84)66-49-45-62(46-50-66)60-25-9-6-10-26-60/h5-10,15-26,29-30,33-58H,11-14,27-28,31-32H2,1-4H3. The van der Waals surface area contributed by atoms with E-state index in [1.54, 1.807) is 0 Å². The number of nitrogens with zero attached hydrogens (tertiary/aromatic N) is 4. The predicted octanol–water partition coefficient (Wildman–Crippen LogP) is 25.1. The second kappa shape index (κ2) is 22.6. The van der Waals surface area contributed by atoms with E-state index in [1.165, 1.54) is 191 Å². The summed E-state index contributed by atoms with van der Waals surface area (Å²) in [7, 11) is 0. The van der Waals surface area contributed by atoms with Gasteiger partial charge in [0.1, 0.15) is 0 Å². The molecule has 0 fully saturated rings. The Kier molecular flexibility index (Phi) is 13.5. The van der Waals surface area contributed by atoms with Crippen LogP contribution in [0.5, 0.6) is 0 Å². The van der Waals surface area contributed by atoms with Gasteiger partial charge in [0, 0.05) is 55.1 Å². The molecule has 16 aromatic rings. The molecule has 4 nitrogen and oxygen atoms in total.